The lowest BCUT2D eigenvalue weighted by atomic mass is 10.1. The molecule has 0 bridgehead atoms. The van der Waals surface area contributed by atoms with Gasteiger partial charge in [-0.3, -0.25) is 0 Å². The van der Waals surface area contributed by atoms with Crippen LogP contribution in [-0.4, -0.2) is 22.2 Å². The van der Waals surface area contributed by atoms with E-state index in [0.717, 1.165) is 12.2 Å². The van der Waals surface area contributed by atoms with Crippen molar-refractivity contribution in [2.45, 2.75) is 20.4 Å². The van der Waals surface area contributed by atoms with Crippen molar-refractivity contribution in [1.29, 1.82) is 0 Å². The molecule has 0 spiro atoms. The number of nitrogens with zero attached hydrogens (tertiary/aromatic N) is 4. The van der Waals surface area contributed by atoms with Gasteiger partial charge in [0, 0.05) is 19.3 Å². The Labute approximate surface area is 142 Å². The van der Waals surface area contributed by atoms with E-state index < -0.39 is 0 Å². The molecule has 3 aromatic rings. The molecule has 1 aromatic heterocycles. The highest BCUT2D eigenvalue weighted by atomic mass is 15.3. The molecule has 0 atom stereocenters. The van der Waals surface area contributed by atoms with Crippen LogP contribution < -0.4 is 10.2 Å². The minimum absolute atomic E-state index is 0.592. The average Bonchev–Trinajstić information content (AvgIpc) is 2.59. The maximum absolute atomic E-state index is 4.58. The van der Waals surface area contributed by atoms with Gasteiger partial charge in [-0.25, -0.2) is 0 Å². The summed E-state index contributed by atoms with van der Waals surface area (Å²) in [6.45, 7) is 4.87. The van der Waals surface area contributed by atoms with Gasteiger partial charge in [0.25, 0.3) is 0 Å². The topological polar surface area (TPSA) is 53.9 Å². The van der Waals surface area contributed by atoms with E-state index >= 15 is 0 Å². The van der Waals surface area contributed by atoms with Gasteiger partial charge in [-0.05, 0) is 36.6 Å². The van der Waals surface area contributed by atoms with Crippen LogP contribution in [0.3, 0.4) is 0 Å². The molecule has 0 aliphatic rings. The molecule has 122 valence electrons. The minimum Gasteiger partial charge on any atom is -0.339 e. The van der Waals surface area contributed by atoms with Crippen LogP contribution in [-0.2, 0) is 6.54 Å². The molecule has 0 amide bonds. The summed E-state index contributed by atoms with van der Waals surface area (Å²) < 4.78 is 0. The number of hydrogen-bond donors (Lipinski definition) is 1. The monoisotopic (exact) mass is 319 g/mol. The summed E-state index contributed by atoms with van der Waals surface area (Å²) in [6.07, 6.45) is 1.64. The first kappa shape index (κ1) is 15.9. The van der Waals surface area contributed by atoms with Crippen molar-refractivity contribution in [1.82, 2.24) is 15.2 Å². The third kappa shape index (κ3) is 3.87. The SMILES string of the molecule is Cc1ccc(C)c(Nc2cnnc(N(C)Cc3ccccc3)n2)c1. The van der Waals surface area contributed by atoms with Crippen LogP contribution in [0.2, 0.25) is 0 Å². The van der Waals surface area contributed by atoms with Crippen molar-refractivity contribution in [2.24, 2.45) is 0 Å². The van der Waals surface area contributed by atoms with E-state index in [9.17, 15) is 0 Å². The molecule has 0 saturated heterocycles. The van der Waals surface area contributed by atoms with E-state index in [1.165, 1.54) is 16.7 Å². The molecule has 5 nitrogen and oxygen atoms in total. The van der Waals surface area contributed by atoms with Gasteiger partial charge in [-0.1, -0.05) is 42.5 Å². The molecular formula is C19H21N5. The third-order valence-electron chi connectivity index (χ3n) is 3.81. The quantitative estimate of drug-likeness (QED) is 0.773. The maximum atomic E-state index is 4.58. The molecule has 5 heteroatoms. The molecule has 2 aromatic carbocycles. The van der Waals surface area contributed by atoms with Crippen molar-refractivity contribution < 1.29 is 0 Å². The van der Waals surface area contributed by atoms with E-state index in [1.807, 2.05) is 30.1 Å². The molecular weight excluding hydrogens is 298 g/mol. The largest absolute Gasteiger partial charge is 0.339 e. The number of nitrogens with one attached hydrogen (secondary N) is 1. The summed E-state index contributed by atoms with van der Waals surface area (Å²) in [5.74, 6) is 1.28. The minimum atomic E-state index is 0.592. The lowest BCUT2D eigenvalue weighted by Crippen LogP contribution is -2.20. The molecule has 1 N–H and O–H groups in total. The van der Waals surface area contributed by atoms with Crippen LogP contribution in [0.4, 0.5) is 17.5 Å². The predicted octanol–water partition coefficient (Wildman–Crippen LogP) is 3.87. The highest BCUT2D eigenvalue weighted by Gasteiger charge is 2.08. The Hall–Kier alpha value is -2.95. The first-order valence-corrected chi connectivity index (χ1v) is 7.91. The van der Waals surface area contributed by atoms with Crippen molar-refractivity contribution in [3.05, 3.63) is 71.4 Å². The van der Waals surface area contributed by atoms with Crippen molar-refractivity contribution in [3.63, 3.8) is 0 Å². The van der Waals surface area contributed by atoms with Crippen LogP contribution in [0.15, 0.2) is 54.7 Å². The van der Waals surface area contributed by atoms with Gasteiger partial charge < -0.3 is 10.2 Å². The molecule has 0 fully saturated rings. The van der Waals surface area contributed by atoms with Gasteiger partial charge in [-0.2, -0.15) is 10.1 Å². The second-order valence-electron chi connectivity index (χ2n) is 5.93. The van der Waals surface area contributed by atoms with E-state index in [0.29, 0.717) is 11.8 Å². The van der Waals surface area contributed by atoms with Crippen LogP contribution in [0, 0.1) is 13.8 Å². The van der Waals surface area contributed by atoms with Crippen molar-refractivity contribution in [2.75, 3.05) is 17.3 Å². The summed E-state index contributed by atoms with van der Waals surface area (Å²) in [6, 6.07) is 16.5. The summed E-state index contributed by atoms with van der Waals surface area (Å²) in [4.78, 5) is 6.56. The van der Waals surface area contributed by atoms with Crippen molar-refractivity contribution in [3.8, 4) is 0 Å². The fourth-order valence-corrected chi connectivity index (χ4v) is 2.45. The first-order valence-electron chi connectivity index (χ1n) is 7.91. The summed E-state index contributed by atoms with van der Waals surface area (Å²) in [5.41, 5.74) is 4.61. The second kappa shape index (κ2) is 7.08. The average molecular weight is 319 g/mol. The normalized spacial score (nSPS) is 10.5. The number of anilines is 3. The first-order chi connectivity index (χ1) is 11.6. The van der Waals surface area contributed by atoms with E-state index in [1.54, 1.807) is 6.20 Å². The van der Waals surface area contributed by atoms with E-state index in [4.69, 9.17) is 0 Å². The Kier molecular flexibility index (Phi) is 4.70. The molecule has 3 rings (SSSR count). The van der Waals surface area contributed by atoms with Gasteiger partial charge >= 0.3 is 0 Å². The highest BCUT2D eigenvalue weighted by molar-refractivity contribution is 5.61. The smallest absolute Gasteiger partial charge is 0.247 e. The van der Waals surface area contributed by atoms with Crippen LogP contribution >= 0.6 is 0 Å². The fourth-order valence-electron chi connectivity index (χ4n) is 2.45. The molecule has 0 aliphatic carbocycles. The van der Waals surface area contributed by atoms with E-state index in [2.05, 4.69) is 64.7 Å². The van der Waals surface area contributed by atoms with Crippen LogP contribution in [0.5, 0.6) is 0 Å². The maximum Gasteiger partial charge on any atom is 0.247 e. The molecule has 0 saturated carbocycles. The Morgan fingerprint density at radius 2 is 1.83 bits per heavy atom. The summed E-state index contributed by atoms with van der Waals surface area (Å²) in [7, 11) is 1.96. The highest BCUT2D eigenvalue weighted by Crippen LogP contribution is 2.21. The number of hydrogen-bond acceptors (Lipinski definition) is 5. The van der Waals surface area contributed by atoms with Gasteiger partial charge in [0.1, 0.15) is 0 Å². The van der Waals surface area contributed by atoms with Crippen LogP contribution in [0.1, 0.15) is 16.7 Å². The number of rotatable bonds is 5. The summed E-state index contributed by atoms with van der Waals surface area (Å²) >= 11 is 0. The lowest BCUT2D eigenvalue weighted by Gasteiger charge is -2.17. The van der Waals surface area contributed by atoms with Crippen molar-refractivity contribution >= 4 is 17.5 Å². The predicted molar refractivity (Wildman–Crippen MR) is 97.6 cm³/mol. The number of aryl methyl sites for hydroxylation is 2. The van der Waals surface area contributed by atoms with Crippen LogP contribution in [0.25, 0.3) is 0 Å². The van der Waals surface area contributed by atoms with Gasteiger partial charge in [0.2, 0.25) is 5.95 Å². The zero-order valence-electron chi connectivity index (χ0n) is 14.2. The van der Waals surface area contributed by atoms with Gasteiger partial charge in [0.05, 0.1) is 6.20 Å². The molecule has 0 radical (unpaired) electrons. The Balaban J connectivity index is 1.77. The van der Waals surface area contributed by atoms with Gasteiger partial charge in [-0.15, -0.1) is 5.10 Å². The lowest BCUT2D eigenvalue weighted by molar-refractivity contribution is 0.831. The summed E-state index contributed by atoms with van der Waals surface area (Å²) in [5, 5.41) is 11.6. The number of benzene rings is 2. The standard InChI is InChI=1S/C19H21N5/c1-14-9-10-15(2)17(11-14)21-18-12-20-23-19(22-18)24(3)13-16-7-5-4-6-8-16/h4-12H,13H2,1-3H3,(H,21,22,23). The number of aromatic nitrogens is 3. The molecule has 0 aliphatic heterocycles. The zero-order valence-corrected chi connectivity index (χ0v) is 14.2. The van der Waals surface area contributed by atoms with Gasteiger partial charge in [0.15, 0.2) is 5.82 Å². The Bertz CT molecular complexity index is 817. The van der Waals surface area contributed by atoms with E-state index in [-0.39, 0.29) is 0 Å². The zero-order chi connectivity index (χ0) is 16.9. The second-order valence-corrected chi connectivity index (χ2v) is 5.93. The Morgan fingerprint density at radius 1 is 1.04 bits per heavy atom. The molecule has 0 unspecified atom stereocenters. The molecule has 24 heavy (non-hydrogen) atoms. The molecule has 1 heterocycles. The third-order valence-corrected chi connectivity index (χ3v) is 3.81. The Morgan fingerprint density at radius 3 is 2.62 bits per heavy atom. The fraction of sp³-hybridized carbons (Fsp3) is 0.211.